The zero-order chi connectivity index (χ0) is 12.0. The monoisotopic (exact) mass is 264 g/mol. The molecule has 17 heavy (non-hydrogen) atoms. The lowest BCUT2D eigenvalue weighted by Gasteiger charge is -2.05. The van der Waals surface area contributed by atoms with Gasteiger partial charge in [0.15, 0.2) is 0 Å². The maximum absolute atomic E-state index is 12.8. The van der Waals surface area contributed by atoms with Crippen molar-refractivity contribution in [2.24, 2.45) is 0 Å². The summed E-state index contributed by atoms with van der Waals surface area (Å²) in [5.41, 5.74) is -0.00556. The summed E-state index contributed by atoms with van der Waals surface area (Å²) in [5, 5.41) is 5.57. The van der Waals surface area contributed by atoms with E-state index >= 15 is 0 Å². The zero-order valence-corrected chi connectivity index (χ0v) is 10.2. The Morgan fingerprint density at radius 2 is 1.76 bits per heavy atom. The number of carbonyl (C=O) groups is 1. The molecule has 0 bridgehead atoms. The highest BCUT2D eigenvalue weighted by atomic mass is 35.5. The van der Waals surface area contributed by atoms with Gasteiger partial charge < -0.3 is 10.6 Å². The van der Waals surface area contributed by atoms with Crippen LogP contribution in [-0.4, -0.2) is 25.5 Å². The predicted octanol–water partition coefficient (Wildman–Crippen LogP) is 1.73. The van der Waals surface area contributed by atoms with Crippen molar-refractivity contribution in [3.63, 3.8) is 0 Å². The average molecular weight is 265 g/mol. The summed E-state index contributed by atoms with van der Waals surface area (Å²) < 4.78 is 25.6. The van der Waals surface area contributed by atoms with E-state index in [4.69, 9.17) is 0 Å². The fourth-order valence-electron chi connectivity index (χ4n) is 1.23. The van der Waals surface area contributed by atoms with Gasteiger partial charge in [-0.25, -0.2) is 8.78 Å². The summed E-state index contributed by atoms with van der Waals surface area (Å²) in [4.78, 5) is 11.4. The first-order chi connectivity index (χ1) is 7.63. The summed E-state index contributed by atoms with van der Waals surface area (Å²) in [5.74, 6) is -1.98. The minimum absolute atomic E-state index is 0. The van der Waals surface area contributed by atoms with E-state index in [0.29, 0.717) is 13.1 Å². The molecule has 0 fully saturated rings. The molecule has 1 amide bonds. The van der Waals surface area contributed by atoms with Gasteiger partial charge in [0.25, 0.3) is 5.91 Å². The molecule has 2 N–H and O–H groups in total. The second-order valence-electron chi connectivity index (χ2n) is 3.27. The second kappa shape index (κ2) is 7.97. The first-order valence-corrected chi connectivity index (χ1v) is 5.08. The van der Waals surface area contributed by atoms with Crippen molar-refractivity contribution in [1.29, 1.82) is 0 Å². The average Bonchev–Trinajstić information content (AvgIpc) is 2.22. The Morgan fingerprint density at radius 3 is 2.29 bits per heavy atom. The largest absolute Gasteiger partial charge is 0.351 e. The van der Waals surface area contributed by atoms with Crippen LogP contribution in [0.2, 0.25) is 0 Å². The number of amides is 1. The van der Waals surface area contributed by atoms with Crippen LogP contribution in [0.3, 0.4) is 0 Å². The third-order valence-corrected chi connectivity index (χ3v) is 1.96. The van der Waals surface area contributed by atoms with E-state index in [1.807, 2.05) is 6.92 Å². The molecule has 0 aliphatic carbocycles. The number of hydrogen-bond acceptors (Lipinski definition) is 2. The molecule has 6 heteroatoms. The number of hydrogen-bond donors (Lipinski definition) is 2. The van der Waals surface area contributed by atoms with Crippen LogP contribution in [0.4, 0.5) is 8.78 Å². The minimum Gasteiger partial charge on any atom is -0.351 e. The van der Waals surface area contributed by atoms with Crippen LogP contribution in [0.25, 0.3) is 0 Å². The normalized spacial score (nSPS) is 9.59. The van der Waals surface area contributed by atoms with Gasteiger partial charge in [-0.1, -0.05) is 6.92 Å². The first-order valence-electron chi connectivity index (χ1n) is 5.08. The molecule has 0 unspecified atom stereocenters. The topological polar surface area (TPSA) is 41.1 Å². The van der Waals surface area contributed by atoms with Gasteiger partial charge in [-0.3, -0.25) is 4.79 Å². The molecule has 1 aromatic carbocycles. The molecule has 0 aromatic heterocycles. The Kier molecular flexibility index (Phi) is 7.41. The molecular weight excluding hydrogens is 250 g/mol. The molecule has 0 aliphatic heterocycles. The van der Waals surface area contributed by atoms with E-state index in [1.165, 1.54) is 0 Å². The summed E-state index contributed by atoms with van der Waals surface area (Å²) >= 11 is 0. The molecule has 1 rings (SSSR count). The number of nitrogens with one attached hydrogen (secondary N) is 2. The van der Waals surface area contributed by atoms with Crippen LogP contribution in [0.1, 0.15) is 17.3 Å². The van der Waals surface area contributed by atoms with E-state index in [1.54, 1.807) is 0 Å². The number of rotatable bonds is 5. The zero-order valence-electron chi connectivity index (χ0n) is 9.43. The van der Waals surface area contributed by atoms with Crippen molar-refractivity contribution < 1.29 is 13.6 Å². The maximum atomic E-state index is 12.8. The third-order valence-electron chi connectivity index (χ3n) is 1.96. The van der Waals surface area contributed by atoms with Gasteiger partial charge in [0.2, 0.25) is 0 Å². The summed E-state index contributed by atoms with van der Waals surface area (Å²) in [6.07, 6.45) is 0. The van der Waals surface area contributed by atoms with Crippen LogP contribution in [0.5, 0.6) is 0 Å². The predicted molar refractivity (Wildman–Crippen MR) is 64.5 cm³/mol. The Hall–Kier alpha value is -1.20. The van der Waals surface area contributed by atoms with E-state index in [0.717, 1.165) is 24.7 Å². The molecule has 1 aromatic rings. The molecule has 0 radical (unpaired) electrons. The van der Waals surface area contributed by atoms with Gasteiger partial charge in [-0.05, 0) is 18.7 Å². The van der Waals surface area contributed by atoms with E-state index in [9.17, 15) is 13.6 Å². The fourth-order valence-corrected chi connectivity index (χ4v) is 1.23. The van der Waals surface area contributed by atoms with Crippen molar-refractivity contribution in [3.05, 3.63) is 35.4 Å². The van der Waals surface area contributed by atoms with Gasteiger partial charge in [-0.2, -0.15) is 0 Å². The quantitative estimate of drug-likeness (QED) is 0.796. The summed E-state index contributed by atoms with van der Waals surface area (Å²) in [7, 11) is 0. The molecule has 3 nitrogen and oxygen atoms in total. The highest BCUT2D eigenvalue weighted by molar-refractivity contribution is 5.94. The van der Waals surface area contributed by atoms with E-state index in [2.05, 4.69) is 10.6 Å². The Labute approximate surface area is 105 Å². The smallest absolute Gasteiger partial charge is 0.251 e. The summed E-state index contributed by atoms with van der Waals surface area (Å²) in [6, 6.07) is 2.74. The van der Waals surface area contributed by atoms with Crippen LogP contribution in [-0.2, 0) is 0 Å². The molecular formula is C11H15ClF2N2O. The van der Waals surface area contributed by atoms with Crippen molar-refractivity contribution in [3.8, 4) is 0 Å². The molecule has 0 heterocycles. The lowest BCUT2D eigenvalue weighted by Crippen LogP contribution is -2.31. The molecule has 0 saturated heterocycles. The third kappa shape index (κ3) is 5.60. The number of carbonyl (C=O) groups excluding carboxylic acids is 1. The lowest BCUT2D eigenvalue weighted by atomic mass is 10.2. The van der Waals surface area contributed by atoms with E-state index in [-0.39, 0.29) is 18.0 Å². The van der Waals surface area contributed by atoms with Gasteiger partial charge in [0, 0.05) is 24.7 Å². The second-order valence-corrected chi connectivity index (χ2v) is 3.27. The summed E-state index contributed by atoms with van der Waals surface area (Å²) in [6.45, 7) is 3.80. The van der Waals surface area contributed by atoms with Crippen LogP contribution >= 0.6 is 12.4 Å². The van der Waals surface area contributed by atoms with Crippen LogP contribution in [0.15, 0.2) is 18.2 Å². The van der Waals surface area contributed by atoms with Crippen LogP contribution in [0, 0.1) is 11.6 Å². The van der Waals surface area contributed by atoms with Gasteiger partial charge in [-0.15, -0.1) is 12.4 Å². The maximum Gasteiger partial charge on any atom is 0.251 e. The molecule has 0 saturated carbocycles. The van der Waals surface area contributed by atoms with Gasteiger partial charge >= 0.3 is 0 Å². The molecule has 0 aliphatic rings. The lowest BCUT2D eigenvalue weighted by molar-refractivity contribution is 0.0953. The van der Waals surface area contributed by atoms with Crippen molar-refractivity contribution >= 4 is 18.3 Å². The highest BCUT2D eigenvalue weighted by Gasteiger charge is 2.07. The Balaban J connectivity index is 0.00000256. The number of benzene rings is 1. The SMILES string of the molecule is CCNCCNC(=O)c1cc(F)cc(F)c1.Cl. The molecule has 0 atom stereocenters. The highest BCUT2D eigenvalue weighted by Crippen LogP contribution is 2.07. The van der Waals surface area contributed by atoms with Crippen molar-refractivity contribution in [2.75, 3.05) is 19.6 Å². The van der Waals surface area contributed by atoms with E-state index < -0.39 is 17.5 Å². The number of likely N-dealkylation sites (N-methyl/N-ethyl adjacent to an activating group) is 1. The van der Waals surface area contributed by atoms with Crippen molar-refractivity contribution in [1.82, 2.24) is 10.6 Å². The van der Waals surface area contributed by atoms with Gasteiger partial charge in [0.1, 0.15) is 11.6 Å². The first kappa shape index (κ1) is 15.8. The van der Waals surface area contributed by atoms with Crippen molar-refractivity contribution in [2.45, 2.75) is 6.92 Å². The Bertz CT molecular complexity index is 354. The minimum atomic E-state index is -0.753. The fraction of sp³-hybridized carbons (Fsp3) is 0.364. The standard InChI is InChI=1S/C11H14F2N2O.ClH/c1-2-14-3-4-15-11(16)8-5-9(12)7-10(13)6-8;/h5-7,14H,2-4H2,1H3,(H,15,16);1H. The Morgan fingerprint density at radius 1 is 1.18 bits per heavy atom. The molecule has 96 valence electrons. The molecule has 0 spiro atoms. The van der Waals surface area contributed by atoms with Crippen LogP contribution < -0.4 is 10.6 Å². The number of halogens is 3. The van der Waals surface area contributed by atoms with Gasteiger partial charge in [0.05, 0.1) is 0 Å².